The summed E-state index contributed by atoms with van der Waals surface area (Å²) in [5.41, 5.74) is 0. The molecule has 25 heavy (non-hydrogen) atoms. The van der Waals surface area contributed by atoms with Crippen LogP contribution in [0.5, 0.6) is 5.75 Å². The van der Waals surface area contributed by atoms with Gasteiger partial charge >= 0.3 is 6.18 Å². The Balaban J connectivity index is 1.95. The van der Waals surface area contributed by atoms with Crippen LogP contribution < -0.4 is 0 Å². The third kappa shape index (κ3) is 3.29. The molecule has 0 saturated heterocycles. The van der Waals surface area contributed by atoms with Crippen molar-refractivity contribution in [1.29, 1.82) is 0 Å². The van der Waals surface area contributed by atoms with Gasteiger partial charge < -0.3 is 9.67 Å². The summed E-state index contributed by atoms with van der Waals surface area (Å²) < 4.78 is 66.2. The fraction of sp³-hybridized carbons (Fsp3) is 0.333. The second kappa shape index (κ2) is 6.21. The maximum atomic E-state index is 12.8. The van der Waals surface area contributed by atoms with Crippen LogP contribution in [-0.4, -0.2) is 39.1 Å². The number of hydrogen-bond acceptors (Lipinski definition) is 5. The minimum absolute atomic E-state index is 0.0842. The van der Waals surface area contributed by atoms with Crippen LogP contribution in [0.1, 0.15) is 11.6 Å². The van der Waals surface area contributed by atoms with Crippen LogP contribution in [0, 0.1) is 0 Å². The van der Waals surface area contributed by atoms with Crippen molar-refractivity contribution >= 4 is 41.9 Å². The Morgan fingerprint density at radius 1 is 1.12 bits per heavy atom. The van der Waals surface area contributed by atoms with Crippen LogP contribution in [0.15, 0.2) is 26.0 Å². The normalized spacial score (nSPS) is 16.0. The summed E-state index contributed by atoms with van der Waals surface area (Å²) >= 11 is 6.10. The Hall–Kier alpha value is -1.18. The predicted molar refractivity (Wildman–Crippen MR) is 86.1 cm³/mol. The maximum Gasteiger partial charge on any atom is 0.451 e. The number of nitrogens with zero attached hydrogens (tertiary/aromatic N) is 4. The Morgan fingerprint density at radius 3 is 2.28 bits per heavy atom. The molecule has 1 aliphatic rings. The molecule has 1 aromatic heterocycles. The van der Waals surface area contributed by atoms with Crippen molar-refractivity contribution in [3.63, 3.8) is 0 Å². The highest BCUT2D eigenvalue weighted by atomic mass is 79.9. The third-order valence-corrected chi connectivity index (χ3v) is 6.63. The van der Waals surface area contributed by atoms with E-state index in [4.69, 9.17) is 0 Å². The molecule has 0 spiro atoms. The summed E-state index contributed by atoms with van der Waals surface area (Å²) in [6.45, 7) is -0.703. The molecule has 2 aromatic rings. The molecule has 0 atom stereocenters. The number of aromatic nitrogens is 3. The van der Waals surface area contributed by atoms with Gasteiger partial charge in [0.15, 0.2) is 0 Å². The maximum absolute atomic E-state index is 12.8. The van der Waals surface area contributed by atoms with E-state index in [0.29, 0.717) is 0 Å². The molecule has 7 nitrogen and oxygen atoms in total. The van der Waals surface area contributed by atoms with Crippen molar-refractivity contribution < 1.29 is 26.7 Å². The number of aromatic hydroxyl groups is 1. The van der Waals surface area contributed by atoms with Crippen LogP contribution >= 0.6 is 31.9 Å². The molecule has 0 fully saturated rings. The molecule has 1 aliphatic heterocycles. The summed E-state index contributed by atoms with van der Waals surface area (Å²) in [6.07, 6.45) is -4.65. The van der Waals surface area contributed by atoms with Crippen molar-refractivity contribution in [3.05, 3.63) is 32.7 Å². The highest BCUT2D eigenvalue weighted by molar-refractivity contribution is 9.11. The molecular formula is C12H9Br2F3N4O3S. The topological polar surface area (TPSA) is 88.3 Å². The van der Waals surface area contributed by atoms with E-state index in [9.17, 15) is 26.7 Å². The fourth-order valence-electron chi connectivity index (χ4n) is 2.39. The second-order valence-corrected chi connectivity index (χ2v) is 8.81. The van der Waals surface area contributed by atoms with E-state index in [2.05, 4.69) is 42.1 Å². The van der Waals surface area contributed by atoms with E-state index in [1.165, 1.54) is 12.1 Å². The largest absolute Gasteiger partial charge is 0.506 e. The minimum atomic E-state index is -4.65. The van der Waals surface area contributed by atoms with Crippen molar-refractivity contribution in [1.82, 2.24) is 19.1 Å². The first-order valence-corrected chi connectivity index (χ1v) is 9.72. The summed E-state index contributed by atoms with van der Waals surface area (Å²) in [7, 11) is -3.99. The van der Waals surface area contributed by atoms with Gasteiger partial charge in [-0.3, -0.25) is 0 Å². The first kappa shape index (κ1) is 18.6. The van der Waals surface area contributed by atoms with Gasteiger partial charge in [0.2, 0.25) is 15.8 Å². The zero-order valence-electron chi connectivity index (χ0n) is 12.1. The number of fused-ring (bicyclic) bond motifs is 1. The predicted octanol–water partition coefficient (Wildman–Crippen LogP) is 2.73. The van der Waals surface area contributed by atoms with E-state index >= 15 is 0 Å². The van der Waals surface area contributed by atoms with Crippen LogP contribution in [0.2, 0.25) is 0 Å². The first-order valence-electron chi connectivity index (χ1n) is 6.69. The number of alkyl halides is 3. The number of halogens is 5. The van der Waals surface area contributed by atoms with Crippen LogP contribution in [-0.2, 0) is 29.3 Å². The Kier molecular flexibility index (Phi) is 4.62. The monoisotopic (exact) mass is 504 g/mol. The van der Waals surface area contributed by atoms with E-state index in [0.717, 1.165) is 8.87 Å². The lowest BCUT2D eigenvalue weighted by Gasteiger charge is -2.27. The van der Waals surface area contributed by atoms with Gasteiger partial charge in [0.25, 0.3) is 0 Å². The fourth-order valence-corrected chi connectivity index (χ4v) is 5.32. The number of rotatable bonds is 2. The van der Waals surface area contributed by atoms with Crippen molar-refractivity contribution in [2.75, 3.05) is 6.54 Å². The van der Waals surface area contributed by atoms with Gasteiger partial charge in [-0.25, -0.2) is 8.42 Å². The third-order valence-electron chi connectivity index (χ3n) is 3.60. The lowest BCUT2D eigenvalue weighted by Crippen LogP contribution is -2.39. The Morgan fingerprint density at radius 2 is 1.72 bits per heavy atom. The smallest absolute Gasteiger partial charge is 0.451 e. The highest BCUT2D eigenvalue weighted by Crippen LogP contribution is 2.36. The lowest BCUT2D eigenvalue weighted by atomic mass is 10.3. The first-order chi connectivity index (χ1) is 11.5. The molecule has 0 amide bonds. The zero-order valence-corrected chi connectivity index (χ0v) is 16.1. The van der Waals surface area contributed by atoms with Gasteiger partial charge in [-0.1, -0.05) is 0 Å². The molecule has 0 radical (unpaired) electrons. The average molecular weight is 506 g/mol. The average Bonchev–Trinajstić information content (AvgIpc) is 2.95. The quantitative estimate of drug-likeness (QED) is 0.678. The molecule has 1 N–H and O–H groups in total. The molecule has 0 saturated carbocycles. The molecule has 13 heteroatoms. The SMILES string of the molecule is O=S(=O)(c1cc(Br)c(O)c(Br)c1)N1CCn2c(nnc2C(F)(F)F)C1. The number of hydrogen-bond donors (Lipinski definition) is 1. The standard InChI is InChI=1S/C12H9Br2F3N4O3S/c13-7-3-6(4-8(14)10(7)22)25(23,24)20-1-2-21-9(5-20)18-19-11(21)12(15,16)17/h3-4,22H,1-2,5H2. The zero-order chi connectivity index (χ0) is 18.6. The number of benzene rings is 1. The molecule has 0 aliphatic carbocycles. The van der Waals surface area contributed by atoms with Crippen LogP contribution in [0.25, 0.3) is 0 Å². The molecule has 0 unspecified atom stereocenters. The van der Waals surface area contributed by atoms with Crippen molar-refractivity contribution in [2.24, 2.45) is 0 Å². The summed E-state index contributed by atoms with van der Waals surface area (Å²) in [5, 5.41) is 16.3. The van der Waals surface area contributed by atoms with Gasteiger partial charge in [0.1, 0.15) is 11.6 Å². The summed E-state index contributed by atoms with van der Waals surface area (Å²) in [6, 6.07) is 2.44. The molecule has 3 rings (SSSR count). The molecule has 1 aromatic carbocycles. The molecule has 0 bridgehead atoms. The minimum Gasteiger partial charge on any atom is -0.506 e. The van der Waals surface area contributed by atoms with E-state index in [1.807, 2.05) is 0 Å². The van der Waals surface area contributed by atoms with E-state index < -0.39 is 22.0 Å². The summed E-state index contributed by atoms with van der Waals surface area (Å²) in [4.78, 5) is -0.118. The van der Waals surface area contributed by atoms with Crippen LogP contribution in [0.3, 0.4) is 0 Å². The van der Waals surface area contributed by atoms with E-state index in [1.54, 1.807) is 0 Å². The number of phenolic OH excluding ortho intramolecular Hbond substituents is 1. The number of phenols is 1. The van der Waals surface area contributed by atoms with Gasteiger partial charge in [0, 0.05) is 13.1 Å². The van der Waals surface area contributed by atoms with Crippen LogP contribution in [0.4, 0.5) is 13.2 Å². The molecular weight excluding hydrogens is 497 g/mol. The Bertz CT molecular complexity index is 923. The van der Waals surface area contributed by atoms with Gasteiger partial charge in [-0.05, 0) is 44.0 Å². The van der Waals surface area contributed by atoms with Gasteiger partial charge in [-0.2, -0.15) is 17.5 Å². The highest BCUT2D eigenvalue weighted by Gasteiger charge is 2.41. The van der Waals surface area contributed by atoms with Crippen molar-refractivity contribution in [3.8, 4) is 5.75 Å². The molecule has 136 valence electrons. The second-order valence-electron chi connectivity index (χ2n) is 5.16. The van der Waals surface area contributed by atoms with Crippen molar-refractivity contribution in [2.45, 2.75) is 24.2 Å². The van der Waals surface area contributed by atoms with E-state index in [-0.39, 0.29) is 45.0 Å². The lowest BCUT2D eigenvalue weighted by molar-refractivity contribution is -0.147. The van der Waals surface area contributed by atoms with Gasteiger partial charge in [0.05, 0.1) is 20.4 Å². The number of sulfonamides is 1. The summed E-state index contributed by atoms with van der Waals surface area (Å²) in [5.74, 6) is -1.39. The Labute approximate surface area is 156 Å². The van der Waals surface area contributed by atoms with Gasteiger partial charge in [-0.15, -0.1) is 10.2 Å². The molecule has 2 heterocycles.